The van der Waals surface area contributed by atoms with Gasteiger partial charge in [0.2, 0.25) is 0 Å². The van der Waals surface area contributed by atoms with E-state index in [2.05, 4.69) is 0 Å². The fourth-order valence-electron chi connectivity index (χ4n) is 2.26. The van der Waals surface area contributed by atoms with E-state index in [1.807, 2.05) is 0 Å². The van der Waals surface area contributed by atoms with Crippen molar-refractivity contribution in [2.75, 3.05) is 0 Å². The van der Waals surface area contributed by atoms with Gasteiger partial charge < -0.3 is 9.84 Å². The highest BCUT2D eigenvalue weighted by molar-refractivity contribution is 5.84. The third-order valence-electron chi connectivity index (χ3n) is 3.06. The molecule has 0 saturated heterocycles. The highest BCUT2D eigenvalue weighted by Gasteiger charge is 2.17. The number of hydrogen-bond donors (Lipinski definition) is 1. The van der Waals surface area contributed by atoms with Crippen molar-refractivity contribution in [3.05, 3.63) is 71.6 Å². The van der Waals surface area contributed by atoms with Crippen LogP contribution in [0.3, 0.4) is 0 Å². The number of hydrogen-bond acceptors (Lipinski definition) is 3. The molecular weight excluding hydrogens is 295 g/mol. The summed E-state index contributed by atoms with van der Waals surface area (Å²) in [4.78, 5) is 11.3. The third kappa shape index (κ3) is 4.76. The summed E-state index contributed by atoms with van der Waals surface area (Å²) in [5.74, 6) is -0.465. The Kier molecular flexibility index (Phi) is 4.96. The first kappa shape index (κ1) is 16.9. The first-order valence-corrected chi connectivity index (χ1v) is 7.25. The highest BCUT2D eigenvalue weighted by atomic mass is 19.1. The highest BCUT2D eigenvalue weighted by Crippen LogP contribution is 2.33. The van der Waals surface area contributed by atoms with Gasteiger partial charge in [-0.2, -0.15) is 0 Å². The Bertz CT molecular complexity index is 742. The molecule has 0 fully saturated rings. The molecule has 0 atom stereocenters. The van der Waals surface area contributed by atoms with Crippen LogP contribution >= 0.6 is 0 Å². The van der Waals surface area contributed by atoms with Crippen molar-refractivity contribution in [3.63, 3.8) is 0 Å². The maximum atomic E-state index is 13.6. The second-order valence-electron chi connectivity index (χ2n) is 5.81. The predicted octanol–water partition coefficient (Wildman–Crippen LogP) is 3.95. The minimum atomic E-state index is -1.12. The fraction of sp³-hybridized carbons (Fsp3) is 0.211. The van der Waals surface area contributed by atoms with Gasteiger partial charge in [-0.25, -0.2) is 4.39 Å². The lowest BCUT2D eigenvalue weighted by molar-refractivity contribution is -0.131. The molecule has 0 aliphatic carbocycles. The number of para-hydroxylation sites is 1. The zero-order valence-electron chi connectivity index (χ0n) is 13.3. The number of rotatable bonds is 4. The van der Waals surface area contributed by atoms with E-state index < -0.39 is 11.6 Å². The first-order chi connectivity index (χ1) is 10.8. The summed E-state index contributed by atoms with van der Waals surface area (Å²) >= 11 is 0. The molecule has 2 aromatic carbocycles. The molecule has 23 heavy (non-hydrogen) atoms. The van der Waals surface area contributed by atoms with Crippen molar-refractivity contribution in [3.8, 4) is 5.75 Å². The second kappa shape index (κ2) is 6.75. The molecule has 1 N–H and O–H groups in total. The van der Waals surface area contributed by atoms with Crippen molar-refractivity contribution < 1.29 is 19.0 Å². The Morgan fingerprint density at radius 1 is 1.17 bits per heavy atom. The number of carbonyl (C=O) groups excluding carboxylic acids is 1. The van der Waals surface area contributed by atoms with Crippen LogP contribution in [0.4, 0.5) is 4.39 Å². The Hall–Kier alpha value is -2.46. The van der Waals surface area contributed by atoms with Gasteiger partial charge in [-0.05, 0) is 49.3 Å². The van der Waals surface area contributed by atoms with Crippen LogP contribution in [-0.2, 0) is 4.79 Å². The van der Waals surface area contributed by atoms with E-state index in [1.54, 1.807) is 56.3 Å². The van der Waals surface area contributed by atoms with Crippen LogP contribution in [0.2, 0.25) is 0 Å². The smallest absolute Gasteiger partial charge is 0.308 e. The lowest BCUT2D eigenvalue weighted by Crippen LogP contribution is -2.15. The van der Waals surface area contributed by atoms with Gasteiger partial charge in [0.05, 0.1) is 5.60 Å². The monoisotopic (exact) mass is 314 g/mol. The van der Waals surface area contributed by atoms with Crippen molar-refractivity contribution in [1.82, 2.24) is 0 Å². The van der Waals surface area contributed by atoms with Gasteiger partial charge in [0.25, 0.3) is 0 Å². The van der Waals surface area contributed by atoms with Gasteiger partial charge in [0.1, 0.15) is 11.6 Å². The van der Waals surface area contributed by atoms with Crippen LogP contribution in [0.25, 0.3) is 5.57 Å². The second-order valence-corrected chi connectivity index (χ2v) is 5.81. The van der Waals surface area contributed by atoms with Crippen molar-refractivity contribution in [1.29, 1.82) is 0 Å². The molecule has 0 aromatic heterocycles. The third-order valence-corrected chi connectivity index (χ3v) is 3.06. The average Bonchev–Trinajstić information content (AvgIpc) is 2.44. The summed E-state index contributed by atoms with van der Waals surface area (Å²) in [6.45, 7) is 4.57. The van der Waals surface area contributed by atoms with E-state index in [0.717, 1.165) is 0 Å². The van der Waals surface area contributed by atoms with Crippen LogP contribution in [0, 0.1) is 5.82 Å². The summed E-state index contributed by atoms with van der Waals surface area (Å²) in [7, 11) is 0. The SMILES string of the molecule is CC(=O)Oc1ccccc1/C(=C/C(C)(C)O)c1cccc(F)c1. The van der Waals surface area contributed by atoms with Crippen LogP contribution in [0.1, 0.15) is 31.9 Å². The summed E-state index contributed by atoms with van der Waals surface area (Å²) in [5.41, 5.74) is 0.668. The molecule has 0 saturated carbocycles. The zero-order valence-corrected chi connectivity index (χ0v) is 13.3. The molecule has 0 bridgehead atoms. The normalized spacial score (nSPS) is 12.1. The lowest BCUT2D eigenvalue weighted by Gasteiger charge is -2.18. The molecule has 3 nitrogen and oxygen atoms in total. The van der Waals surface area contributed by atoms with Crippen LogP contribution in [-0.4, -0.2) is 16.7 Å². The Morgan fingerprint density at radius 3 is 2.48 bits per heavy atom. The summed E-state index contributed by atoms with van der Waals surface area (Å²) in [6.07, 6.45) is 1.62. The van der Waals surface area contributed by atoms with Gasteiger partial charge in [-0.15, -0.1) is 0 Å². The van der Waals surface area contributed by atoms with E-state index in [9.17, 15) is 14.3 Å². The first-order valence-electron chi connectivity index (χ1n) is 7.25. The fourth-order valence-corrected chi connectivity index (χ4v) is 2.26. The van der Waals surface area contributed by atoms with E-state index >= 15 is 0 Å². The number of benzene rings is 2. The van der Waals surface area contributed by atoms with Gasteiger partial charge >= 0.3 is 5.97 Å². The number of carbonyl (C=O) groups is 1. The van der Waals surface area contributed by atoms with Gasteiger partial charge in [0, 0.05) is 12.5 Å². The molecule has 0 aliphatic heterocycles. The topological polar surface area (TPSA) is 46.5 Å². The Morgan fingerprint density at radius 2 is 1.87 bits per heavy atom. The molecule has 2 aromatic rings. The maximum absolute atomic E-state index is 13.6. The van der Waals surface area contributed by atoms with Crippen LogP contribution in [0.5, 0.6) is 5.75 Å². The molecular formula is C19H19FO3. The van der Waals surface area contributed by atoms with E-state index in [1.165, 1.54) is 19.1 Å². The van der Waals surface area contributed by atoms with Crippen molar-refractivity contribution in [2.45, 2.75) is 26.4 Å². The number of aliphatic hydroxyl groups is 1. The summed E-state index contributed by atoms with van der Waals surface area (Å²) < 4.78 is 18.8. The summed E-state index contributed by atoms with van der Waals surface area (Å²) in [5, 5.41) is 10.2. The maximum Gasteiger partial charge on any atom is 0.308 e. The van der Waals surface area contributed by atoms with E-state index in [0.29, 0.717) is 22.4 Å². The number of esters is 1. The van der Waals surface area contributed by atoms with Crippen LogP contribution < -0.4 is 4.74 Å². The van der Waals surface area contributed by atoms with Crippen molar-refractivity contribution >= 4 is 11.5 Å². The molecule has 0 aliphatic rings. The molecule has 0 heterocycles. The minimum Gasteiger partial charge on any atom is -0.426 e. The zero-order chi connectivity index (χ0) is 17.0. The van der Waals surface area contributed by atoms with Gasteiger partial charge in [-0.1, -0.05) is 30.3 Å². The molecule has 0 amide bonds. The average molecular weight is 314 g/mol. The molecule has 0 radical (unpaired) electrons. The molecule has 0 unspecified atom stereocenters. The minimum absolute atomic E-state index is 0.361. The number of ether oxygens (including phenoxy) is 1. The van der Waals surface area contributed by atoms with E-state index in [-0.39, 0.29) is 5.82 Å². The number of halogens is 1. The van der Waals surface area contributed by atoms with E-state index in [4.69, 9.17) is 4.74 Å². The summed E-state index contributed by atoms with van der Waals surface area (Å²) in [6, 6.07) is 13.0. The van der Waals surface area contributed by atoms with Gasteiger partial charge in [-0.3, -0.25) is 4.79 Å². The Labute approximate surface area is 135 Å². The largest absolute Gasteiger partial charge is 0.426 e. The molecule has 0 spiro atoms. The molecule has 2 rings (SSSR count). The lowest BCUT2D eigenvalue weighted by atomic mass is 9.92. The molecule has 4 heteroatoms. The van der Waals surface area contributed by atoms with Crippen molar-refractivity contribution in [2.24, 2.45) is 0 Å². The molecule has 120 valence electrons. The van der Waals surface area contributed by atoms with Crippen LogP contribution in [0.15, 0.2) is 54.6 Å². The standard InChI is InChI=1S/C19H19FO3/c1-13(21)23-18-10-5-4-9-16(18)17(12-19(2,3)22)14-7-6-8-15(20)11-14/h4-12,22H,1-3H3/b17-12+. The Balaban J connectivity index is 2.65. The predicted molar refractivity (Wildman–Crippen MR) is 87.5 cm³/mol. The quantitative estimate of drug-likeness (QED) is 0.686. The van der Waals surface area contributed by atoms with Gasteiger partial charge in [0.15, 0.2) is 0 Å².